The third-order valence-corrected chi connectivity index (χ3v) is 10.7. The van der Waals surface area contributed by atoms with Gasteiger partial charge in [0.25, 0.3) is 0 Å². The highest BCUT2D eigenvalue weighted by molar-refractivity contribution is 9.11. The van der Waals surface area contributed by atoms with Crippen LogP contribution in [0, 0.1) is 20.8 Å². The number of hydrogen-bond donors (Lipinski definition) is 0. The van der Waals surface area contributed by atoms with Crippen molar-refractivity contribution in [2.75, 3.05) is 0 Å². The molecule has 0 bridgehead atoms. The van der Waals surface area contributed by atoms with Crippen molar-refractivity contribution in [2.45, 2.75) is 20.8 Å². The first-order chi connectivity index (χ1) is 25.2. The highest BCUT2D eigenvalue weighted by atomic mass is 79.9. The summed E-state index contributed by atoms with van der Waals surface area (Å²) in [5, 5.41) is 6.96. The number of aryl methyl sites for hydroxylation is 3. The van der Waals surface area contributed by atoms with Crippen molar-refractivity contribution in [3.63, 3.8) is 0 Å². The van der Waals surface area contributed by atoms with Gasteiger partial charge in [0.15, 0.2) is 0 Å². The zero-order chi connectivity index (χ0) is 35.9. The maximum Gasteiger partial charge on any atom is 0.144 e. The summed E-state index contributed by atoms with van der Waals surface area (Å²) in [6, 6.07) is 45.2. The average molecular weight is 871 g/mol. The van der Waals surface area contributed by atoms with Crippen molar-refractivity contribution in [3.05, 3.63) is 164 Å². The Labute approximate surface area is 325 Å². The quantitative estimate of drug-likeness (QED) is 0.154. The Balaban J connectivity index is 0.000000122. The first kappa shape index (κ1) is 34.3. The number of hydrogen-bond acceptors (Lipinski definition) is 4. The summed E-state index contributed by atoms with van der Waals surface area (Å²) in [4.78, 5) is 9.20. The number of nitrogens with zero attached hydrogens (tertiary/aromatic N) is 2. The van der Waals surface area contributed by atoms with Crippen molar-refractivity contribution in [3.8, 4) is 11.3 Å². The van der Waals surface area contributed by atoms with Gasteiger partial charge in [-0.1, -0.05) is 94.8 Å². The van der Waals surface area contributed by atoms with E-state index in [0.717, 1.165) is 79.7 Å². The molecule has 0 saturated heterocycles. The Hall–Kier alpha value is -4.82. The largest absolute Gasteiger partial charge is 0.456 e. The van der Waals surface area contributed by atoms with Crippen molar-refractivity contribution in [1.82, 2.24) is 9.97 Å². The molecule has 0 aliphatic heterocycles. The SMILES string of the molecule is Brc1cc(Br)c2ccccc2n1.Cc1cc(-c2cc(Br)c3ccccc3n2)c2oc3ccccc3c2c1.Cc1cc(C)c2oc3ccccc3c2c1. The summed E-state index contributed by atoms with van der Waals surface area (Å²) in [5.41, 5.74) is 11.4. The summed E-state index contributed by atoms with van der Waals surface area (Å²) in [6.45, 7) is 6.33. The van der Waals surface area contributed by atoms with Crippen molar-refractivity contribution >= 4 is 113 Å². The second-order valence-corrected chi connectivity index (χ2v) is 15.3. The average Bonchev–Trinajstić information content (AvgIpc) is 3.71. The molecule has 254 valence electrons. The van der Waals surface area contributed by atoms with Gasteiger partial charge in [0.1, 0.15) is 26.9 Å². The highest BCUT2D eigenvalue weighted by Gasteiger charge is 2.15. The lowest BCUT2D eigenvalue weighted by Crippen LogP contribution is -1.88. The van der Waals surface area contributed by atoms with Crippen LogP contribution in [-0.4, -0.2) is 9.97 Å². The van der Waals surface area contributed by atoms with Gasteiger partial charge < -0.3 is 8.83 Å². The second kappa shape index (κ2) is 14.3. The van der Waals surface area contributed by atoms with Crippen molar-refractivity contribution in [1.29, 1.82) is 0 Å². The van der Waals surface area contributed by atoms with Crippen molar-refractivity contribution < 1.29 is 8.83 Å². The van der Waals surface area contributed by atoms with Gasteiger partial charge in [-0.2, -0.15) is 0 Å². The van der Waals surface area contributed by atoms with Gasteiger partial charge in [-0.25, -0.2) is 9.97 Å². The van der Waals surface area contributed by atoms with Crippen LogP contribution >= 0.6 is 47.8 Å². The van der Waals surface area contributed by atoms with Gasteiger partial charge in [0.05, 0.1) is 16.7 Å². The maximum atomic E-state index is 6.19. The lowest BCUT2D eigenvalue weighted by atomic mass is 10.0. The number of halogens is 3. The van der Waals surface area contributed by atoms with Gasteiger partial charge >= 0.3 is 0 Å². The Morgan fingerprint density at radius 2 is 0.923 bits per heavy atom. The molecule has 0 unspecified atom stereocenters. The molecule has 4 heterocycles. The minimum atomic E-state index is 0.855. The minimum absolute atomic E-state index is 0.855. The maximum absolute atomic E-state index is 6.19. The molecule has 10 aromatic rings. The normalized spacial score (nSPS) is 11.3. The highest BCUT2D eigenvalue weighted by Crippen LogP contribution is 2.38. The van der Waals surface area contributed by atoms with Gasteiger partial charge in [-0.05, 0) is 124 Å². The summed E-state index contributed by atoms with van der Waals surface area (Å²) >= 11 is 10.5. The van der Waals surface area contributed by atoms with E-state index in [2.05, 4.69) is 128 Å². The standard InChI is InChI=1S/C22H14BrNO.C14H12O.C9H5Br2N/c1-13-10-16-14-6-3-5-9-21(14)25-22(16)17(11-13)20-12-18(23)15-7-2-4-8-19(15)24-20;1-9-7-10(2)14-12(8-9)11-5-3-4-6-13(11)15-14;10-7-5-9(11)12-8-4-2-1-3-6(7)8/h2-12H,1H3;3-8H,1-2H3;1-5H. The summed E-state index contributed by atoms with van der Waals surface area (Å²) in [7, 11) is 0. The van der Waals surface area contributed by atoms with E-state index < -0.39 is 0 Å². The van der Waals surface area contributed by atoms with Crippen LogP contribution in [0.4, 0.5) is 0 Å². The Morgan fingerprint density at radius 1 is 0.442 bits per heavy atom. The van der Waals surface area contributed by atoms with Crippen LogP contribution in [0.5, 0.6) is 0 Å². The molecule has 0 amide bonds. The van der Waals surface area contributed by atoms with Gasteiger partial charge in [0.2, 0.25) is 0 Å². The zero-order valence-electron chi connectivity index (χ0n) is 28.5. The lowest BCUT2D eigenvalue weighted by Gasteiger charge is -2.07. The Kier molecular flexibility index (Phi) is 9.43. The smallest absolute Gasteiger partial charge is 0.144 e. The van der Waals surface area contributed by atoms with Gasteiger partial charge in [-0.15, -0.1) is 0 Å². The molecule has 0 aliphatic rings. The Morgan fingerprint density at radius 3 is 1.56 bits per heavy atom. The minimum Gasteiger partial charge on any atom is -0.456 e. The van der Waals surface area contributed by atoms with Crippen LogP contribution in [0.15, 0.2) is 156 Å². The number of para-hydroxylation sites is 4. The van der Waals surface area contributed by atoms with Gasteiger partial charge in [-0.3, -0.25) is 0 Å². The predicted octanol–water partition coefficient (Wildman–Crippen LogP) is 14.8. The van der Waals surface area contributed by atoms with Crippen LogP contribution < -0.4 is 0 Å². The number of furan rings is 2. The first-order valence-corrected chi connectivity index (χ1v) is 19.2. The molecule has 52 heavy (non-hydrogen) atoms. The van der Waals surface area contributed by atoms with Gasteiger partial charge in [0, 0.05) is 46.8 Å². The van der Waals surface area contributed by atoms with Crippen LogP contribution in [0.1, 0.15) is 16.7 Å². The monoisotopic (exact) mass is 868 g/mol. The molecular formula is C45H31Br3N2O2. The van der Waals surface area contributed by atoms with E-state index in [1.165, 1.54) is 27.5 Å². The fourth-order valence-electron chi connectivity index (χ4n) is 6.71. The zero-order valence-corrected chi connectivity index (χ0v) is 33.3. The third kappa shape index (κ3) is 6.65. The molecule has 4 nitrogen and oxygen atoms in total. The van der Waals surface area contributed by atoms with E-state index in [1.54, 1.807) is 0 Å². The molecule has 0 saturated carbocycles. The molecule has 4 aromatic heterocycles. The number of pyridine rings is 2. The first-order valence-electron chi connectivity index (χ1n) is 16.8. The van der Waals surface area contributed by atoms with E-state index in [-0.39, 0.29) is 0 Å². The van der Waals surface area contributed by atoms with E-state index >= 15 is 0 Å². The number of aromatic nitrogens is 2. The number of fused-ring (bicyclic) bond motifs is 8. The molecule has 0 aliphatic carbocycles. The number of rotatable bonds is 1. The fraction of sp³-hybridized carbons (Fsp3) is 0.0667. The molecule has 10 rings (SSSR count). The van der Waals surface area contributed by atoms with Crippen molar-refractivity contribution in [2.24, 2.45) is 0 Å². The van der Waals surface area contributed by atoms with E-state index in [1.807, 2.05) is 78.9 Å². The molecular weight excluding hydrogens is 840 g/mol. The summed E-state index contributed by atoms with van der Waals surface area (Å²) in [6.07, 6.45) is 0. The van der Waals surface area contributed by atoms with Crippen LogP contribution in [0.3, 0.4) is 0 Å². The molecule has 0 N–H and O–H groups in total. The molecule has 0 radical (unpaired) electrons. The van der Waals surface area contributed by atoms with Crippen LogP contribution in [0.2, 0.25) is 0 Å². The molecule has 0 spiro atoms. The fourth-order valence-corrected chi connectivity index (χ4v) is 8.54. The predicted molar refractivity (Wildman–Crippen MR) is 227 cm³/mol. The number of benzene rings is 6. The molecule has 6 aromatic carbocycles. The Bertz CT molecular complexity index is 2950. The lowest BCUT2D eigenvalue weighted by molar-refractivity contribution is 0.665. The third-order valence-electron chi connectivity index (χ3n) is 9.01. The van der Waals surface area contributed by atoms with E-state index in [4.69, 9.17) is 13.8 Å². The molecule has 0 atom stereocenters. The summed E-state index contributed by atoms with van der Waals surface area (Å²) in [5.74, 6) is 0. The summed E-state index contributed by atoms with van der Waals surface area (Å²) < 4.78 is 15.0. The van der Waals surface area contributed by atoms with Crippen LogP contribution in [-0.2, 0) is 0 Å². The molecule has 0 fully saturated rings. The van der Waals surface area contributed by atoms with E-state index in [9.17, 15) is 0 Å². The molecule has 7 heteroatoms. The topological polar surface area (TPSA) is 52.1 Å². The second-order valence-electron chi connectivity index (χ2n) is 12.8. The van der Waals surface area contributed by atoms with E-state index in [0.29, 0.717) is 0 Å². The van der Waals surface area contributed by atoms with Crippen LogP contribution in [0.25, 0.3) is 76.9 Å².